The van der Waals surface area contributed by atoms with Crippen molar-refractivity contribution in [3.8, 4) is 0 Å². The minimum absolute atomic E-state index is 0.145. The standard InChI is InChI=1S/C11H14BrN3O2/c1-14(2)9-4-7-3-8(12)5-10(15(16)17)11(7)13-6-9/h3,5,9,13H,4,6H2,1-2H3. The molecule has 0 fully saturated rings. The van der Waals surface area contributed by atoms with Crippen molar-refractivity contribution in [1.29, 1.82) is 0 Å². The molecular formula is C11H14BrN3O2. The van der Waals surface area contributed by atoms with E-state index < -0.39 is 0 Å². The molecule has 0 saturated carbocycles. The number of nitro groups is 1. The minimum Gasteiger partial charge on any atom is -0.378 e. The lowest BCUT2D eigenvalue weighted by atomic mass is 9.98. The van der Waals surface area contributed by atoms with Gasteiger partial charge in [-0.1, -0.05) is 15.9 Å². The number of nitro benzene ring substituents is 1. The molecule has 1 aliphatic heterocycles. The van der Waals surface area contributed by atoms with Crippen LogP contribution in [0.5, 0.6) is 0 Å². The molecule has 1 aromatic carbocycles. The van der Waals surface area contributed by atoms with E-state index in [1.807, 2.05) is 20.2 Å². The van der Waals surface area contributed by atoms with E-state index in [0.717, 1.165) is 23.0 Å². The van der Waals surface area contributed by atoms with Crippen molar-refractivity contribution >= 4 is 27.3 Å². The van der Waals surface area contributed by atoms with E-state index in [4.69, 9.17) is 0 Å². The van der Waals surface area contributed by atoms with Crippen LogP contribution < -0.4 is 5.32 Å². The Kier molecular flexibility index (Phi) is 3.35. The Labute approximate surface area is 108 Å². The lowest BCUT2D eigenvalue weighted by Crippen LogP contribution is -2.39. The van der Waals surface area contributed by atoms with Crippen LogP contribution in [0, 0.1) is 10.1 Å². The first kappa shape index (κ1) is 12.3. The zero-order chi connectivity index (χ0) is 12.6. The molecule has 1 atom stereocenters. The number of anilines is 1. The van der Waals surface area contributed by atoms with E-state index in [9.17, 15) is 10.1 Å². The van der Waals surface area contributed by atoms with Crippen LogP contribution in [-0.2, 0) is 6.42 Å². The van der Waals surface area contributed by atoms with Gasteiger partial charge in [0.15, 0.2) is 0 Å². The lowest BCUT2D eigenvalue weighted by molar-refractivity contribution is -0.384. The first-order chi connectivity index (χ1) is 7.99. The van der Waals surface area contributed by atoms with Crippen molar-refractivity contribution in [2.75, 3.05) is 26.0 Å². The lowest BCUT2D eigenvalue weighted by Gasteiger charge is -2.30. The van der Waals surface area contributed by atoms with Gasteiger partial charge in [-0.15, -0.1) is 0 Å². The molecule has 6 heteroatoms. The van der Waals surface area contributed by atoms with Gasteiger partial charge in [0.25, 0.3) is 5.69 Å². The Morgan fingerprint density at radius 1 is 1.53 bits per heavy atom. The summed E-state index contributed by atoms with van der Waals surface area (Å²) in [5.41, 5.74) is 1.80. The zero-order valence-electron chi connectivity index (χ0n) is 9.74. The molecule has 0 bridgehead atoms. The fraction of sp³-hybridized carbons (Fsp3) is 0.455. The van der Waals surface area contributed by atoms with Crippen LogP contribution in [-0.4, -0.2) is 36.5 Å². The van der Waals surface area contributed by atoms with Crippen LogP contribution in [0.1, 0.15) is 5.56 Å². The van der Waals surface area contributed by atoms with Crippen molar-refractivity contribution < 1.29 is 4.92 Å². The molecule has 5 nitrogen and oxygen atoms in total. The number of fused-ring (bicyclic) bond motifs is 1. The van der Waals surface area contributed by atoms with Crippen molar-refractivity contribution in [3.05, 3.63) is 32.3 Å². The maximum atomic E-state index is 11.0. The Morgan fingerprint density at radius 3 is 2.82 bits per heavy atom. The van der Waals surface area contributed by atoms with Crippen molar-refractivity contribution in [1.82, 2.24) is 4.90 Å². The molecule has 0 aliphatic carbocycles. The number of likely N-dealkylation sites (N-methyl/N-ethyl adjacent to an activating group) is 1. The van der Waals surface area contributed by atoms with Crippen molar-refractivity contribution in [2.24, 2.45) is 0 Å². The summed E-state index contributed by atoms with van der Waals surface area (Å²) in [4.78, 5) is 12.8. The molecule has 0 saturated heterocycles. The predicted molar refractivity (Wildman–Crippen MR) is 70.5 cm³/mol. The van der Waals surface area contributed by atoms with E-state index in [2.05, 4.69) is 26.1 Å². The fourth-order valence-electron chi connectivity index (χ4n) is 2.07. The predicted octanol–water partition coefficient (Wildman–Crippen LogP) is 2.26. The smallest absolute Gasteiger partial charge is 0.293 e. The summed E-state index contributed by atoms with van der Waals surface area (Å²) in [7, 11) is 4.04. The van der Waals surface area contributed by atoms with E-state index in [0.29, 0.717) is 11.7 Å². The molecule has 0 spiro atoms. The molecular weight excluding hydrogens is 286 g/mol. The van der Waals surface area contributed by atoms with Gasteiger partial charge in [0.05, 0.1) is 4.92 Å². The summed E-state index contributed by atoms with van der Waals surface area (Å²) in [6.07, 6.45) is 0.829. The average Bonchev–Trinajstić information content (AvgIpc) is 2.26. The second kappa shape index (κ2) is 4.62. The van der Waals surface area contributed by atoms with Crippen LogP contribution in [0.3, 0.4) is 0 Å². The van der Waals surface area contributed by atoms with Gasteiger partial charge in [0.2, 0.25) is 0 Å². The van der Waals surface area contributed by atoms with Crippen LogP contribution in [0.15, 0.2) is 16.6 Å². The van der Waals surface area contributed by atoms with E-state index in [1.165, 1.54) is 0 Å². The summed E-state index contributed by atoms with van der Waals surface area (Å²) in [5, 5.41) is 14.1. The highest BCUT2D eigenvalue weighted by Crippen LogP contribution is 2.35. The number of halogens is 1. The highest BCUT2D eigenvalue weighted by Gasteiger charge is 2.26. The van der Waals surface area contributed by atoms with Crippen molar-refractivity contribution in [3.63, 3.8) is 0 Å². The second-order valence-corrected chi connectivity index (χ2v) is 5.33. The molecule has 17 heavy (non-hydrogen) atoms. The van der Waals surface area contributed by atoms with Gasteiger partial charge in [-0.05, 0) is 32.1 Å². The van der Waals surface area contributed by atoms with Crippen molar-refractivity contribution in [2.45, 2.75) is 12.5 Å². The molecule has 1 N–H and O–H groups in total. The minimum atomic E-state index is -0.341. The summed E-state index contributed by atoms with van der Waals surface area (Å²) in [6.45, 7) is 0.739. The Morgan fingerprint density at radius 2 is 2.24 bits per heavy atom. The Balaban J connectivity index is 2.42. The third kappa shape index (κ3) is 2.42. The monoisotopic (exact) mass is 299 g/mol. The summed E-state index contributed by atoms with van der Waals surface area (Å²) >= 11 is 3.32. The summed E-state index contributed by atoms with van der Waals surface area (Å²) in [5.74, 6) is 0. The van der Waals surface area contributed by atoms with Crippen LogP contribution >= 0.6 is 15.9 Å². The number of hydrogen-bond acceptors (Lipinski definition) is 4. The molecule has 1 aromatic rings. The van der Waals surface area contributed by atoms with E-state index in [-0.39, 0.29) is 10.6 Å². The average molecular weight is 300 g/mol. The third-order valence-electron chi connectivity index (χ3n) is 3.06. The molecule has 0 radical (unpaired) electrons. The summed E-state index contributed by atoms with van der Waals surface area (Å²) < 4.78 is 0.754. The van der Waals surface area contributed by atoms with Crippen LogP contribution in [0.25, 0.3) is 0 Å². The second-order valence-electron chi connectivity index (χ2n) is 4.42. The normalized spacial score (nSPS) is 18.7. The quantitative estimate of drug-likeness (QED) is 0.672. The highest BCUT2D eigenvalue weighted by atomic mass is 79.9. The molecule has 92 valence electrons. The molecule has 1 unspecified atom stereocenters. The maximum absolute atomic E-state index is 11.0. The fourth-order valence-corrected chi connectivity index (χ4v) is 2.56. The topological polar surface area (TPSA) is 58.4 Å². The van der Waals surface area contributed by atoms with Gasteiger partial charge >= 0.3 is 0 Å². The van der Waals surface area contributed by atoms with E-state index in [1.54, 1.807) is 6.07 Å². The first-order valence-corrected chi connectivity index (χ1v) is 6.15. The number of benzene rings is 1. The van der Waals surface area contributed by atoms with E-state index >= 15 is 0 Å². The van der Waals surface area contributed by atoms with Gasteiger partial charge in [0.1, 0.15) is 5.69 Å². The van der Waals surface area contributed by atoms with Crippen LogP contribution in [0.4, 0.5) is 11.4 Å². The van der Waals surface area contributed by atoms with Gasteiger partial charge < -0.3 is 10.2 Å². The molecule has 1 heterocycles. The highest BCUT2D eigenvalue weighted by molar-refractivity contribution is 9.10. The SMILES string of the molecule is CN(C)C1CNc2c(cc(Br)cc2[N+](=O)[O-])C1. The number of hydrogen-bond donors (Lipinski definition) is 1. The van der Waals surface area contributed by atoms with Crippen LogP contribution in [0.2, 0.25) is 0 Å². The third-order valence-corrected chi connectivity index (χ3v) is 3.52. The maximum Gasteiger partial charge on any atom is 0.293 e. The molecule has 0 amide bonds. The largest absolute Gasteiger partial charge is 0.378 e. The molecule has 2 rings (SSSR count). The first-order valence-electron chi connectivity index (χ1n) is 5.36. The molecule has 1 aliphatic rings. The van der Waals surface area contributed by atoms with Gasteiger partial charge in [-0.3, -0.25) is 10.1 Å². The summed E-state index contributed by atoms with van der Waals surface area (Å²) in [6, 6.07) is 3.86. The van der Waals surface area contributed by atoms with Gasteiger partial charge in [-0.25, -0.2) is 0 Å². The van der Waals surface area contributed by atoms with Gasteiger partial charge in [0, 0.05) is 23.1 Å². The number of nitrogens with one attached hydrogen (secondary N) is 1. The number of rotatable bonds is 2. The number of nitrogens with zero attached hydrogens (tertiary/aromatic N) is 2. The molecule has 0 aromatic heterocycles. The zero-order valence-corrected chi connectivity index (χ0v) is 11.3. The Hall–Kier alpha value is -1.14. The van der Waals surface area contributed by atoms with Gasteiger partial charge in [-0.2, -0.15) is 0 Å². The Bertz CT molecular complexity index is 462.